The van der Waals surface area contributed by atoms with E-state index in [0.29, 0.717) is 17.4 Å². The van der Waals surface area contributed by atoms with Crippen molar-refractivity contribution in [3.05, 3.63) is 76.1 Å². The summed E-state index contributed by atoms with van der Waals surface area (Å²) in [5.41, 5.74) is 1.46. The van der Waals surface area contributed by atoms with Gasteiger partial charge in [-0.15, -0.1) is 0 Å². The van der Waals surface area contributed by atoms with Gasteiger partial charge in [0.2, 0.25) is 5.91 Å². The average molecular weight is 348 g/mol. The molecule has 6 heteroatoms. The van der Waals surface area contributed by atoms with Crippen LogP contribution in [0.5, 0.6) is 0 Å². The predicted octanol–water partition coefficient (Wildman–Crippen LogP) is 2.65. The number of hydrogen-bond donors (Lipinski definition) is 2. The second-order valence-corrected chi connectivity index (χ2v) is 6.16. The zero-order chi connectivity index (χ0) is 18.1. The monoisotopic (exact) mass is 348 g/mol. The van der Waals surface area contributed by atoms with E-state index in [4.69, 9.17) is 4.42 Å². The standard InChI is InChI=1S/C20H16N2O4/c23-18(15-11-12-5-1-4-8-17(12)26-20(15)25)21-10-9-14-13-6-2-3-7-16(13)22-19(14)24/h1-8,11,14H,9-10H2,(H,21,23)(H,22,24). The van der Waals surface area contributed by atoms with E-state index in [-0.39, 0.29) is 23.9 Å². The number of benzene rings is 2. The molecule has 1 aliphatic heterocycles. The van der Waals surface area contributed by atoms with Crippen molar-refractivity contribution < 1.29 is 14.0 Å². The molecule has 2 heterocycles. The van der Waals surface area contributed by atoms with Crippen molar-refractivity contribution in [3.8, 4) is 0 Å². The lowest BCUT2D eigenvalue weighted by molar-refractivity contribution is -0.117. The molecule has 0 bridgehead atoms. The molecule has 4 rings (SSSR count). The Morgan fingerprint density at radius 2 is 1.85 bits per heavy atom. The third-order valence-electron chi connectivity index (χ3n) is 4.52. The molecule has 2 N–H and O–H groups in total. The number of nitrogens with one attached hydrogen (secondary N) is 2. The fourth-order valence-corrected chi connectivity index (χ4v) is 3.21. The summed E-state index contributed by atoms with van der Waals surface area (Å²) in [4.78, 5) is 36.4. The molecule has 6 nitrogen and oxygen atoms in total. The van der Waals surface area contributed by atoms with Crippen LogP contribution in [0.3, 0.4) is 0 Å². The van der Waals surface area contributed by atoms with Gasteiger partial charge in [0.25, 0.3) is 5.91 Å². The molecule has 1 atom stereocenters. The molecular formula is C20H16N2O4. The number of carbonyl (C=O) groups excluding carboxylic acids is 2. The minimum Gasteiger partial charge on any atom is -0.422 e. The van der Waals surface area contributed by atoms with E-state index in [1.54, 1.807) is 24.3 Å². The van der Waals surface area contributed by atoms with Crippen LogP contribution in [0.2, 0.25) is 0 Å². The molecule has 0 radical (unpaired) electrons. The first kappa shape index (κ1) is 16.1. The van der Waals surface area contributed by atoms with Gasteiger partial charge < -0.3 is 15.1 Å². The highest BCUT2D eigenvalue weighted by atomic mass is 16.4. The number of amides is 2. The first-order valence-electron chi connectivity index (χ1n) is 8.34. The van der Waals surface area contributed by atoms with Crippen LogP contribution in [0.25, 0.3) is 11.0 Å². The number of rotatable bonds is 4. The molecule has 2 amide bonds. The molecule has 2 aromatic carbocycles. The smallest absolute Gasteiger partial charge is 0.349 e. The molecule has 1 aromatic heterocycles. The second-order valence-electron chi connectivity index (χ2n) is 6.16. The van der Waals surface area contributed by atoms with Gasteiger partial charge in [-0.2, -0.15) is 0 Å². The van der Waals surface area contributed by atoms with Crippen molar-refractivity contribution >= 4 is 28.5 Å². The normalized spacial score (nSPS) is 15.5. The van der Waals surface area contributed by atoms with Gasteiger partial charge in [0.1, 0.15) is 11.1 Å². The zero-order valence-corrected chi connectivity index (χ0v) is 13.8. The van der Waals surface area contributed by atoms with Crippen molar-refractivity contribution in [2.75, 3.05) is 11.9 Å². The van der Waals surface area contributed by atoms with E-state index in [1.165, 1.54) is 6.07 Å². The molecule has 0 saturated heterocycles. The molecule has 130 valence electrons. The van der Waals surface area contributed by atoms with E-state index in [2.05, 4.69) is 10.6 Å². The Kier molecular flexibility index (Phi) is 4.01. The van der Waals surface area contributed by atoms with Crippen molar-refractivity contribution in [3.63, 3.8) is 0 Å². The van der Waals surface area contributed by atoms with Gasteiger partial charge in [0.15, 0.2) is 0 Å². The van der Waals surface area contributed by atoms with E-state index in [0.717, 1.165) is 11.3 Å². The molecule has 0 fully saturated rings. The van der Waals surface area contributed by atoms with Gasteiger partial charge >= 0.3 is 5.63 Å². The van der Waals surface area contributed by atoms with Crippen LogP contribution in [0, 0.1) is 0 Å². The topological polar surface area (TPSA) is 88.4 Å². The lowest BCUT2D eigenvalue weighted by Gasteiger charge is -2.10. The van der Waals surface area contributed by atoms with Crippen molar-refractivity contribution in [1.29, 1.82) is 0 Å². The van der Waals surface area contributed by atoms with Gasteiger partial charge in [-0.1, -0.05) is 36.4 Å². The van der Waals surface area contributed by atoms with Crippen LogP contribution in [0.15, 0.2) is 63.8 Å². The number of carbonyl (C=O) groups is 2. The SMILES string of the molecule is O=C(NCCC1C(=O)Nc2ccccc21)c1cc2ccccc2oc1=O. The molecular weight excluding hydrogens is 332 g/mol. The Bertz CT molecular complexity index is 1070. The number of fused-ring (bicyclic) bond motifs is 2. The summed E-state index contributed by atoms with van der Waals surface area (Å²) in [6.45, 7) is 0.275. The predicted molar refractivity (Wildman–Crippen MR) is 97.2 cm³/mol. The highest BCUT2D eigenvalue weighted by Gasteiger charge is 2.29. The van der Waals surface area contributed by atoms with Gasteiger partial charge in [0.05, 0.1) is 5.92 Å². The average Bonchev–Trinajstić information content (AvgIpc) is 2.96. The summed E-state index contributed by atoms with van der Waals surface area (Å²) in [5.74, 6) is -0.888. The number of hydrogen-bond acceptors (Lipinski definition) is 4. The summed E-state index contributed by atoms with van der Waals surface area (Å²) >= 11 is 0. The first-order valence-corrected chi connectivity index (χ1v) is 8.34. The van der Waals surface area contributed by atoms with Crippen LogP contribution >= 0.6 is 0 Å². The highest BCUT2D eigenvalue weighted by molar-refractivity contribution is 6.03. The Morgan fingerprint density at radius 3 is 2.73 bits per heavy atom. The Hall–Kier alpha value is -3.41. The van der Waals surface area contributed by atoms with Crippen molar-refractivity contribution in [1.82, 2.24) is 5.32 Å². The van der Waals surface area contributed by atoms with Crippen LogP contribution in [-0.2, 0) is 4.79 Å². The molecule has 0 aliphatic carbocycles. The summed E-state index contributed by atoms with van der Waals surface area (Å²) in [6.07, 6.45) is 0.452. The fraction of sp³-hybridized carbons (Fsp3) is 0.150. The van der Waals surface area contributed by atoms with E-state index in [9.17, 15) is 14.4 Å². The highest BCUT2D eigenvalue weighted by Crippen LogP contribution is 2.33. The number of anilines is 1. The van der Waals surface area contributed by atoms with Gasteiger partial charge in [-0.25, -0.2) is 4.79 Å². The summed E-state index contributed by atoms with van der Waals surface area (Å²) < 4.78 is 5.18. The third kappa shape index (κ3) is 2.86. The number of para-hydroxylation sites is 2. The summed E-state index contributed by atoms with van der Waals surface area (Å²) in [5, 5.41) is 6.22. The molecule has 3 aromatic rings. The second kappa shape index (κ2) is 6.48. The maximum atomic E-state index is 12.3. The molecule has 26 heavy (non-hydrogen) atoms. The Morgan fingerprint density at radius 1 is 1.08 bits per heavy atom. The first-order chi connectivity index (χ1) is 12.6. The summed E-state index contributed by atoms with van der Waals surface area (Å²) in [6, 6.07) is 16.0. The lowest BCUT2D eigenvalue weighted by atomic mass is 9.97. The third-order valence-corrected chi connectivity index (χ3v) is 4.52. The minimum absolute atomic E-state index is 0.0417. The van der Waals surface area contributed by atoms with Crippen LogP contribution in [0.1, 0.15) is 28.3 Å². The van der Waals surface area contributed by atoms with Crippen LogP contribution in [0.4, 0.5) is 5.69 Å². The minimum atomic E-state index is -0.676. The molecule has 1 aliphatic rings. The maximum Gasteiger partial charge on any atom is 0.349 e. The lowest BCUT2D eigenvalue weighted by Crippen LogP contribution is -2.30. The molecule has 0 spiro atoms. The van der Waals surface area contributed by atoms with Crippen molar-refractivity contribution in [2.45, 2.75) is 12.3 Å². The van der Waals surface area contributed by atoms with Gasteiger partial charge in [0, 0.05) is 17.6 Å². The zero-order valence-electron chi connectivity index (χ0n) is 13.8. The van der Waals surface area contributed by atoms with E-state index < -0.39 is 11.5 Å². The van der Waals surface area contributed by atoms with E-state index >= 15 is 0 Å². The van der Waals surface area contributed by atoms with Gasteiger partial charge in [-0.3, -0.25) is 9.59 Å². The maximum absolute atomic E-state index is 12.3. The van der Waals surface area contributed by atoms with Gasteiger partial charge in [-0.05, 0) is 30.2 Å². The fourth-order valence-electron chi connectivity index (χ4n) is 3.21. The summed E-state index contributed by atoms with van der Waals surface area (Å²) in [7, 11) is 0. The van der Waals surface area contributed by atoms with E-state index in [1.807, 2.05) is 24.3 Å². The van der Waals surface area contributed by atoms with Crippen LogP contribution in [-0.4, -0.2) is 18.4 Å². The largest absolute Gasteiger partial charge is 0.422 e. The quantitative estimate of drug-likeness (QED) is 0.710. The molecule has 0 saturated carbocycles. The van der Waals surface area contributed by atoms with Crippen LogP contribution < -0.4 is 16.3 Å². The van der Waals surface area contributed by atoms with Crippen molar-refractivity contribution in [2.24, 2.45) is 0 Å². The Balaban J connectivity index is 1.46. The Labute approximate surface area is 148 Å². The molecule has 1 unspecified atom stereocenters.